The van der Waals surface area contributed by atoms with Crippen LogP contribution in [0.1, 0.15) is 6.92 Å². The predicted octanol–water partition coefficient (Wildman–Crippen LogP) is 4.76. The van der Waals surface area contributed by atoms with E-state index in [4.69, 9.17) is 17.0 Å². The summed E-state index contributed by atoms with van der Waals surface area (Å²) in [6.45, 7) is 1.08. The van der Waals surface area contributed by atoms with E-state index in [-0.39, 0.29) is 22.2 Å². The molecule has 3 rings (SSSR count). The zero-order chi connectivity index (χ0) is 22.2. The minimum absolute atomic E-state index is 0.105. The van der Waals surface area contributed by atoms with E-state index in [0.717, 1.165) is 6.92 Å². The Hall–Kier alpha value is -3.14. The molecule has 1 amide bonds. The lowest BCUT2D eigenvalue weighted by Crippen LogP contribution is -2.37. The SMILES string of the molecule is CC(=N)C(C(=O)Nc1ccc(-c2cc3c(cc2Cl)OC(F)(F)O3)cc1)C(=O)C(F)F. The Morgan fingerprint density at radius 1 is 1.10 bits per heavy atom. The Kier molecular flexibility index (Phi) is 5.71. The summed E-state index contributed by atoms with van der Waals surface area (Å²) in [4.78, 5) is 23.7. The van der Waals surface area contributed by atoms with E-state index >= 15 is 0 Å². The van der Waals surface area contributed by atoms with Gasteiger partial charge in [-0.05, 0) is 30.7 Å². The third kappa shape index (κ3) is 4.38. The van der Waals surface area contributed by atoms with Gasteiger partial charge in [0.1, 0.15) is 5.92 Å². The standard InChI is InChI=1S/C19H13ClF4N2O4/c1-8(25)15(16(27)17(21)22)18(28)26-10-4-2-9(3-5-10)11-6-13-14(7-12(11)20)30-19(23,24)29-13/h2-7,15,17,25H,1H3,(H,26,28). The molecule has 1 atom stereocenters. The first-order valence-corrected chi connectivity index (χ1v) is 8.74. The molecule has 0 radical (unpaired) electrons. The number of nitrogens with one attached hydrogen (secondary N) is 2. The highest BCUT2D eigenvalue weighted by molar-refractivity contribution is 6.33. The topological polar surface area (TPSA) is 88.5 Å². The fourth-order valence-electron chi connectivity index (χ4n) is 2.81. The average molecular weight is 445 g/mol. The number of hydrogen-bond acceptors (Lipinski definition) is 5. The highest BCUT2D eigenvalue weighted by atomic mass is 35.5. The first kappa shape index (κ1) is 21.6. The van der Waals surface area contributed by atoms with Gasteiger partial charge in [-0.2, -0.15) is 0 Å². The predicted molar refractivity (Wildman–Crippen MR) is 99.6 cm³/mol. The monoisotopic (exact) mass is 444 g/mol. The van der Waals surface area contributed by atoms with Gasteiger partial charge >= 0.3 is 6.29 Å². The molecule has 158 valence electrons. The molecule has 0 aromatic heterocycles. The second kappa shape index (κ2) is 7.94. The van der Waals surface area contributed by atoms with Gasteiger partial charge in [0.15, 0.2) is 11.5 Å². The molecule has 1 aliphatic rings. The van der Waals surface area contributed by atoms with E-state index in [9.17, 15) is 27.2 Å². The van der Waals surface area contributed by atoms with Gasteiger partial charge in [0.05, 0.1) is 5.02 Å². The van der Waals surface area contributed by atoms with Crippen LogP contribution in [-0.2, 0) is 9.59 Å². The van der Waals surface area contributed by atoms with Gasteiger partial charge in [-0.3, -0.25) is 9.59 Å². The average Bonchev–Trinajstić information content (AvgIpc) is 2.94. The summed E-state index contributed by atoms with van der Waals surface area (Å²) in [5, 5.41) is 9.82. The van der Waals surface area contributed by atoms with Crippen molar-refractivity contribution in [2.75, 3.05) is 5.32 Å². The molecule has 2 N–H and O–H groups in total. The summed E-state index contributed by atoms with van der Waals surface area (Å²) >= 11 is 6.12. The molecule has 0 bridgehead atoms. The van der Waals surface area contributed by atoms with Crippen molar-refractivity contribution in [3.05, 3.63) is 41.4 Å². The van der Waals surface area contributed by atoms with Crippen LogP contribution in [0.3, 0.4) is 0 Å². The van der Waals surface area contributed by atoms with E-state index in [1.54, 1.807) is 0 Å². The summed E-state index contributed by atoms with van der Waals surface area (Å²) in [6, 6.07) is 8.20. The van der Waals surface area contributed by atoms with Crippen molar-refractivity contribution in [3.8, 4) is 22.6 Å². The Morgan fingerprint density at radius 2 is 1.67 bits per heavy atom. The van der Waals surface area contributed by atoms with Crippen LogP contribution in [0.5, 0.6) is 11.5 Å². The summed E-state index contributed by atoms with van der Waals surface area (Å²) in [5.74, 6) is -5.06. The Morgan fingerprint density at radius 3 is 2.20 bits per heavy atom. The number of carbonyl (C=O) groups excluding carboxylic acids is 2. The molecule has 11 heteroatoms. The maximum Gasteiger partial charge on any atom is 0.586 e. The highest BCUT2D eigenvalue weighted by Gasteiger charge is 2.43. The van der Waals surface area contributed by atoms with Crippen LogP contribution < -0.4 is 14.8 Å². The van der Waals surface area contributed by atoms with Crippen molar-refractivity contribution >= 4 is 34.7 Å². The number of halogens is 5. The first-order chi connectivity index (χ1) is 14.0. The molecule has 2 aromatic carbocycles. The minimum Gasteiger partial charge on any atom is -0.395 e. The fourth-order valence-corrected chi connectivity index (χ4v) is 3.07. The number of benzene rings is 2. The van der Waals surface area contributed by atoms with Crippen LogP contribution in [-0.4, -0.2) is 30.1 Å². The molecule has 1 unspecified atom stereocenters. The third-order valence-corrected chi connectivity index (χ3v) is 4.46. The molecule has 1 aliphatic heterocycles. The number of anilines is 1. The van der Waals surface area contributed by atoms with Crippen molar-refractivity contribution in [3.63, 3.8) is 0 Å². The number of fused-ring (bicyclic) bond motifs is 1. The molecule has 6 nitrogen and oxygen atoms in total. The Labute approximate surface area is 172 Å². The van der Waals surface area contributed by atoms with Gasteiger partial charge < -0.3 is 20.2 Å². The number of ketones is 1. The normalized spacial score (nSPS) is 15.0. The van der Waals surface area contributed by atoms with Crippen LogP contribution in [0, 0.1) is 11.3 Å². The molecule has 30 heavy (non-hydrogen) atoms. The molecular formula is C19H13ClF4N2O4. The second-order valence-corrected chi connectivity index (χ2v) is 6.74. The van der Waals surface area contributed by atoms with Crippen LogP contribution in [0.4, 0.5) is 23.2 Å². The van der Waals surface area contributed by atoms with Gasteiger partial charge in [-0.1, -0.05) is 23.7 Å². The maximum absolute atomic E-state index is 13.2. The van der Waals surface area contributed by atoms with E-state index < -0.39 is 36.0 Å². The minimum atomic E-state index is -3.79. The lowest BCUT2D eigenvalue weighted by atomic mass is 9.98. The smallest absolute Gasteiger partial charge is 0.395 e. The van der Waals surface area contributed by atoms with Crippen molar-refractivity contribution in [1.82, 2.24) is 0 Å². The van der Waals surface area contributed by atoms with Crippen molar-refractivity contribution in [2.45, 2.75) is 19.6 Å². The lowest BCUT2D eigenvalue weighted by Gasteiger charge is -2.14. The molecule has 1 heterocycles. The van der Waals surface area contributed by atoms with Gasteiger partial charge in [-0.15, -0.1) is 8.78 Å². The third-order valence-electron chi connectivity index (χ3n) is 4.15. The number of hydrogen-bond donors (Lipinski definition) is 2. The second-order valence-electron chi connectivity index (χ2n) is 6.33. The van der Waals surface area contributed by atoms with Gasteiger partial charge in [-0.25, -0.2) is 8.78 Å². The number of carbonyl (C=O) groups is 2. The molecule has 2 aromatic rings. The van der Waals surface area contributed by atoms with E-state index in [0.29, 0.717) is 11.1 Å². The summed E-state index contributed by atoms with van der Waals surface area (Å²) in [5.41, 5.74) is 0.470. The molecule has 0 saturated heterocycles. The Balaban J connectivity index is 1.80. The van der Waals surface area contributed by atoms with E-state index in [1.807, 2.05) is 0 Å². The molecule has 0 spiro atoms. The summed E-state index contributed by atoms with van der Waals surface area (Å²) < 4.78 is 60.4. The van der Waals surface area contributed by atoms with Gasteiger partial charge in [0.25, 0.3) is 6.43 Å². The number of alkyl halides is 4. The zero-order valence-electron chi connectivity index (χ0n) is 15.1. The van der Waals surface area contributed by atoms with Crippen LogP contribution in [0.15, 0.2) is 36.4 Å². The van der Waals surface area contributed by atoms with Crippen molar-refractivity contribution in [2.24, 2.45) is 5.92 Å². The van der Waals surface area contributed by atoms with Gasteiger partial charge in [0, 0.05) is 23.0 Å². The van der Waals surface area contributed by atoms with Gasteiger partial charge in [0.2, 0.25) is 11.7 Å². The number of ether oxygens (including phenoxy) is 2. The maximum atomic E-state index is 13.2. The van der Waals surface area contributed by atoms with Crippen LogP contribution in [0.2, 0.25) is 5.02 Å². The lowest BCUT2D eigenvalue weighted by molar-refractivity contribution is -0.286. The zero-order valence-corrected chi connectivity index (χ0v) is 15.9. The van der Waals surface area contributed by atoms with Crippen LogP contribution >= 0.6 is 11.6 Å². The quantitative estimate of drug-likeness (QED) is 0.382. The molecule has 0 aliphatic carbocycles. The molecule has 0 fully saturated rings. The largest absolute Gasteiger partial charge is 0.586 e. The van der Waals surface area contributed by atoms with Crippen molar-refractivity contribution < 1.29 is 36.6 Å². The summed E-state index contributed by atoms with van der Waals surface area (Å²) in [7, 11) is 0. The Bertz CT molecular complexity index is 1030. The summed E-state index contributed by atoms with van der Waals surface area (Å²) in [6.07, 6.45) is -7.18. The highest BCUT2D eigenvalue weighted by Crippen LogP contribution is 2.46. The van der Waals surface area contributed by atoms with E-state index in [2.05, 4.69) is 14.8 Å². The first-order valence-electron chi connectivity index (χ1n) is 8.36. The van der Waals surface area contributed by atoms with Crippen LogP contribution in [0.25, 0.3) is 11.1 Å². The molecular weight excluding hydrogens is 432 g/mol. The van der Waals surface area contributed by atoms with Crippen molar-refractivity contribution in [1.29, 1.82) is 5.41 Å². The fraction of sp³-hybridized carbons (Fsp3) is 0.211. The number of Topliss-reactive ketones (excluding diaryl/α,β-unsaturated/α-hetero) is 1. The van der Waals surface area contributed by atoms with E-state index in [1.165, 1.54) is 36.4 Å². The number of amides is 1. The number of rotatable bonds is 6. The molecule has 0 saturated carbocycles.